The van der Waals surface area contributed by atoms with Crippen molar-refractivity contribution < 1.29 is 14.6 Å². The molecule has 1 amide bonds. The van der Waals surface area contributed by atoms with E-state index in [2.05, 4.69) is 5.32 Å². The number of nitrogens with zero attached hydrogens (tertiary/aromatic N) is 1. The number of carbonyl (C=O) groups is 1. The first kappa shape index (κ1) is 19.0. The van der Waals surface area contributed by atoms with Crippen LogP contribution in [0.4, 0.5) is 10.5 Å². The van der Waals surface area contributed by atoms with Gasteiger partial charge in [-0.1, -0.05) is 23.2 Å². The van der Waals surface area contributed by atoms with Crippen LogP contribution in [0.15, 0.2) is 12.1 Å². The van der Waals surface area contributed by atoms with Crippen molar-refractivity contribution in [1.29, 1.82) is 0 Å². The molecule has 0 aliphatic carbocycles. The van der Waals surface area contributed by atoms with Gasteiger partial charge in [0.25, 0.3) is 0 Å². The molecule has 0 aromatic heterocycles. The minimum absolute atomic E-state index is 0.0416. The maximum absolute atomic E-state index is 12.4. The highest BCUT2D eigenvalue weighted by Gasteiger charge is 2.30. The Bertz CT molecular complexity index is 579. The van der Waals surface area contributed by atoms with Crippen LogP contribution < -0.4 is 5.32 Å². The van der Waals surface area contributed by atoms with E-state index in [1.165, 1.54) is 0 Å². The monoisotopic (exact) mass is 374 g/mol. The molecule has 1 aromatic rings. The Labute approximate surface area is 152 Å². The first-order valence-electron chi connectivity index (χ1n) is 8.09. The Hall–Kier alpha value is -1.33. The number of piperidine rings is 1. The summed E-state index contributed by atoms with van der Waals surface area (Å²) < 4.78 is 5.50. The summed E-state index contributed by atoms with van der Waals surface area (Å²) in [5.74, 6) is -0.128. The maximum Gasteiger partial charge on any atom is 0.410 e. The van der Waals surface area contributed by atoms with Gasteiger partial charge in [0.1, 0.15) is 5.60 Å². The van der Waals surface area contributed by atoms with Crippen molar-refractivity contribution in [2.24, 2.45) is 0 Å². The highest BCUT2D eigenvalue weighted by atomic mass is 35.5. The Kier molecular flexibility index (Phi) is 6.10. The number of phenolic OH excluding ortho intramolecular Hbond substituents is 1. The topological polar surface area (TPSA) is 61.8 Å². The van der Waals surface area contributed by atoms with Gasteiger partial charge in [-0.2, -0.15) is 0 Å². The number of nitrogens with one attached hydrogen (secondary N) is 1. The lowest BCUT2D eigenvalue weighted by atomic mass is 10.0. The molecule has 1 aromatic carbocycles. The number of benzene rings is 1. The molecule has 0 saturated carbocycles. The van der Waals surface area contributed by atoms with Gasteiger partial charge in [-0.3, -0.25) is 0 Å². The summed E-state index contributed by atoms with van der Waals surface area (Å²) in [7, 11) is 0. The normalized spacial score (nSPS) is 18.4. The number of hydrogen-bond donors (Lipinski definition) is 2. The third kappa shape index (κ3) is 5.08. The van der Waals surface area contributed by atoms with Gasteiger partial charge < -0.3 is 20.1 Å². The molecule has 7 heteroatoms. The smallest absolute Gasteiger partial charge is 0.410 e. The van der Waals surface area contributed by atoms with Gasteiger partial charge in [-0.05, 0) is 52.2 Å². The number of carbonyl (C=O) groups excluding carboxylic acids is 1. The molecule has 134 valence electrons. The van der Waals surface area contributed by atoms with Crippen LogP contribution in [0.3, 0.4) is 0 Å². The van der Waals surface area contributed by atoms with E-state index in [-0.39, 0.29) is 27.9 Å². The summed E-state index contributed by atoms with van der Waals surface area (Å²) in [6.07, 6.45) is 2.68. The highest BCUT2D eigenvalue weighted by Crippen LogP contribution is 2.34. The fourth-order valence-electron chi connectivity index (χ4n) is 2.68. The molecule has 1 saturated heterocycles. The number of aromatic hydroxyl groups is 1. The van der Waals surface area contributed by atoms with E-state index in [0.717, 1.165) is 19.3 Å². The van der Waals surface area contributed by atoms with Crippen LogP contribution in [0.25, 0.3) is 0 Å². The van der Waals surface area contributed by atoms with Gasteiger partial charge in [0.05, 0.1) is 16.1 Å². The summed E-state index contributed by atoms with van der Waals surface area (Å²) in [6.45, 7) is 6.85. The number of halogens is 2. The largest absolute Gasteiger partial charge is 0.505 e. The molecular weight excluding hydrogens is 351 g/mol. The van der Waals surface area contributed by atoms with Gasteiger partial charge in [0.2, 0.25) is 0 Å². The molecule has 1 unspecified atom stereocenters. The Morgan fingerprint density at radius 1 is 1.33 bits per heavy atom. The zero-order valence-corrected chi connectivity index (χ0v) is 15.7. The van der Waals surface area contributed by atoms with Crippen molar-refractivity contribution in [2.45, 2.75) is 51.7 Å². The summed E-state index contributed by atoms with van der Waals surface area (Å²) in [4.78, 5) is 14.2. The summed E-state index contributed by atoms with van der Waals surface area (Å²) in [5.41, 5.74) is 0.197. The molecule has 5 nitrogen and oxygen atoms in total. The molecule has 1 heterocycles. The average molecular weight is 375 g/mol. The zero-order chi connectivity index (χ0) is 17.9. The van der Waals surface area contributed by atoms with E-state index < -0.39 is 5.60 Å². The van der Waals surface area contributed by atoms with Crippen molar-refractivity contribution in [3.8, 4) is 5.75 Å². The predicted molar refractivity (Wildman–Crippen MR) is 97.2 cm³/mol. The molecule has 1 fully saturated rings. The first-order chi connectivity index (χ1) is 11.2. The van der Waals surface area contributed by atoms with Crippen molar-refractivity contribution in [3.63, 3.8) is 0 Å². The number of likely N-dealkylation sites (tertiary alicyclic amines) is 1. The quantitative estimate of drug-likeness (QED) is 0.738. The minimum Gasteiger partial charge on any atom is -0.505 e. The second-order valence-electron chi connectivity index (χ2n) is 6.99. The lowest BCUT2D eigenvalue weighted by Gasteiger charge is -2.37. The van der Waals surface area contributed by atoms with E-state index in [0.29, 0.717) is 18.8 Å². The van der Waals surface area contributed by atoms with Gasteiger partial charge in [0.15, 0.2) is 5.75 Å². The predicted octanol–water partition coefficient (Wildman–Crippen LogP) is 4.90. The van der Waals surface area contributed by atoms with Crippen molar-refractivity contribution in [3.05, 3.63) is 22.2 Å². The molecular formula is C17H24Cl2N2O3. The maximum atomic E-state index is 12.4. The van der Waals surface area contributed by atoms with E-state index >= 15 is 0 Å². The second kappa shape index (κ2) is 7.70. The molecule has 1 aliphatic heterocycles. The van der Waals surface area contributed by atoms with Crippen LogP contribution in [-0.2, 0) is 4.74 Å². The molecule has 2 rings (SSSR count). The van der Waals surface area contributed by atoms with Gasteiger partial charge >= 0.3 is 6.09 Å². The average Bonchev–Trinajstić information content (AvgIpc) is 2.49. The highest BCUT2D eigenvalue weighted by molar-refractivity contribution is 6.37. The third-order valence-corrected chi connectivity index (χ3v) is 4.39. The molecule has 1 aliphatic rings. The van der Waals surface area contributed by atoms with E-state index in [9.17, 15) is 9.90 Å². The minimum atomic E-state index is -0.509. The number of phenols is 1. The van der Waals surface area contributed by atoms with Gasteiger partial charge in [0, 0.05) is 18.8 Å². The molecule has 0 bridgehead atoms. The summed E-state index contributed by atoms with van der Waals surface area (Å²) in [6, 6.07) is 3.27. The van der Waals surface area contributed by atoms with Crippen LogP contribution in [0, 0.1) is 0 Å². The van der Waals surface area contributed by atoms with Crippen LogP contribution in [-0.4, -0.2) is 40.8 Å². The first-order valence-corrected chi connectivity index (χ1v) is 8.84. The van der Waals surface area contributed by atoms with E-state index in [4.69, 9.17) is 27.9 Å². The number of ether oxygens (including phenoxy) is 1. The molecule has 0 radical (unpaired) electrons. The van der Waals surface area contributed by atoms with E-state index in [1.807, 2.05) is 20.8 Å². The second-order valence-corrected chi connectivity index (χ2v) is 7.81. The molecule has 2 N–H and O–H groups in total. The van der Waals surface area contributed by atoms with Gasteiger partial charge in [-0.15, -0.1) is 0 Å². The fraction of sp³-hybridized carbons (Fsp3) is 0.588. The number of rotatable bonds is 3. The summed E-state index contributed by atoms with van der Waals surface area (Å²) in [5, 5.41) is 13.2. The van der Waals surface area contributed by atoms with Crippen LogP contribution in [0.5, 0.6) is 5.75 Å². The molecule has 1 atom stereocenters. The molecule has 0 spiro atoms. The fourth-order valence-corrected chi connectivity index (χ4v) is 3.16. The Morgan fingerprint density at radius 2 is 1.96 bits per heavy atom. The third-order valence-electron chi connectivity index (χ3n) is 3.81. The lowest BCUT2D eigenvalue weighted by Crippen LogP contribution is -2.48. The van der Waals surface area contributed by atoms with E-state index in [1.54, 1.807) is 17.0 Å². The summed E-state index contributed by atoms with van der Waals surface area (Å²) >= 11 is 11.9. The van der Waals surface area contributed by atoms with Crippen LogP contribution >= 0.6 is 23.2 Å². The zero-order valence-electron chi connectivity index (χ0n) is 14.2. The standard InChI is InChI=1S/C17H24Cl2N2O3/c1-17(2,3)24-16(23)21-7-5-4-6-12(21)10-20-11-8-13(18)15(22)14(19)9-11/h8-9,12,20,22H,4-7,10H2,1-3H3. The Morgan fingerprint density at radius 3 is 2.54 bits per heavy atom. The van der Waals surface area contributed by atoms with Gasteiger partial charge in [-0.25, -0.2) is 4.79 Å². The van der Waals surface area contributed by atoms with Crippen LogP contribution in [0.1, 0.15) is 40.0 Å². The molecule has 24 heavy (non-hydrogen) atoms. The van der Waals surface area contributed by atoms with Crippen molar-refractivity contribution >= 4 is 35.0 Å². The van der Waals surface area contributed by atoms with Crippen molar-refractivity contribution in [1.82, 2.24) is 4.90 Å². The number of anilines is 1. The van der Waals surface area contributed by atoms with Crippen LogP contribution in [0.2, 0.25) is 10.0 Å². The Balaban J connectivity index is 2.02. The SMILES string of the molecule is CC(C)(C)OC(=O)N1CCCCC1CNc1cc(Cl)c(O)c(Cl)c1. The van der Waals surface area contributed by atoms with Crippen molar-refractivity contribution in [2.75, 3.05) is 18.4 Å². The number of amides is 1. The number of hydrogen-bond acceptors (Lipinski definition) is 4. The lowest BCUT2D eigenvalue weighted by molar-refractivity contribution is 0.0114.